The minimum atomic E-state index is -0.0868. The number of benzene rings is 2. The molecule has 1 amide bonds. The number of hydrogen-bond acceptors (Lipinski definition) is 3. The first-order valence-corrected chi connectivity index (χ1v) is 8.89. The lowest BCUT2D eigenvalue weighted by Gasteiger charge is -2.22. The molecule has 0 unspecified atom stereocenters. The minimum absolute atomic E-state index is 0. The van der Waals surface area contributed by atoms with Crippen LogP contribution in [-0.4, -0.2) is 44.5 Å². The molecule has 152 valence electrons. The summed E-state index contributed by atoms with van der Waals surface area (Å²) in [5.41, 5.74) is 3.48. The Morgan fingerprint density at radius 2 is 1.79 bits per heavy atom. The largest absolute Gasteiger partial charge is 0.497 e. The van der Waals surface area contributed by atoms with Crippen molar-refractivity contribution in [2.45, 2.75) is 20.0 Å². The zero-order valence-electron chi connectivity index (χ0n) is 16.9. The SMILES string of the molecule is CN=C(NCC(=O)NCc1ccc(OC)cc1)N(C)Cc1ccccc1C.I. The van der Waals surface area contributed by atoms with Gasteiger partial charge in [-0.1, -0.05) is 36.4 Å². The molecule has 0 bridgehead atoms. The van der Waals surface area contributed by atoms with Crippen LogP contribution in [0.25, 0.3) is 0 Å². The van der Waals surface area contributed by atoms with Gasteiger partial charge in [-0.3, -0.25) is 9.79 Å². The minimum Gasteiger partial charge on any atom is -0.497 e. The van der Waals surface area contributed by atoms with Crippen LogP contribution < -0.4 is 15.4 Å². The van der Waals surface area contributed by atoms with Crippen molar-refractivity contribution in [1.82, 2.24) is 15.5 Å². The van der Waals surface area contributed by atoms with Crippen molar-refractivity contribution < 1.29 is 9.53 Å². The van der Waals surface area contributed by atoms with Crippen molar-refractivity contribution in [2.24, 2.45) is 4.99 Å². The predicted octanol–water partition coefficient (Wildman–Crippen LogP) is 2.95. The molecule has 0 fully saturated rings. The van der Waals surface area contributed by atoms with E-state index in [1.807, 2.05) is 48.3 Å². The van der Waals surface area contributed by atoms with E-state index in [4.69, 9.17) is 4.74 Å². The van der Waals surface area contributed by atoms with Crippen LogP contribution in [0.1, 0.15) is 16.7 Å². The van der Waals surface area contributed by atoms with Crippen molar-refractivity contribution in [3.05, 3.63) is 65.2 Å². The Balaban J connectivity index is 0.00000392. The number of rotatable bonds is 7. The Hall–Kier alpha value is -2.29. The molecule has 0 saturated heterocycles. The van der Waals surface area contributed by atoms with Crippen LogP contribution in [0.4, 0.5) is 0 Å². The van der Waals surface area contributed by atoms with Gasteiger partial charge in [0, 0.05) is 27.2 Å². The Morgan fingerprint density at radius 3 is 2.39 bits per heavy atom. The molecular weight excluding hydrogens is 467 g/mol. The summed E-state index contributed by atoms with van der Waals surface area (Å²) in [7, 11) is 5.30. The molecule has 0 aliphatic heterocycles. The third-order valence-corrected chi connectivity index (χ3v) is 4.30. The highest BCUT2D eigenvalue weighted by Gasteiger charge is 2.10. The number of amides is 1. The van der Waals surface area contributed by atoms with E-state index in [1.165, 1.54) is 11.1 Å². The molecule has 2 rings (SSSR count). The molecule has 0 heterocycles. The Bertz CT molecular complexity index is 778. The molecule has 2 N–H and O–H groups in total. The number of halogens is 1. The number of carbonyl (C=O) groups excluding carboxylic acids is 1. The molecule has 0 atom stereocenters. The average Bonchev–Trinajstić information content (AvgIpc) is 2.69. The zero-order valence-corrected chi connectivity index (χ0v) is 19.2. The summed E-state index contributed by atoms with van der Waals surface area (Å²) in [6.07, 6.45) is 0. The molecule has 6 nitrogen and oxygen atoms in total. The molecule has 0 aromatic heterocycles. The summed E-state index contributed by atoms with van der Waals surface area (Å²) in [4.78, 5) is 18.4. The van der Waals surface area contributed by atoms with Gasteiger partial charge in [-0.25, -0.2) is 0 Å². The summed E-state index contributed by atoms with van der Waals surface area (Å²) < 4.78 is 5.13. The molecule has 0 radical (unpaired) electrons. The summed E-state index contributed by atoms with van der Waals surface area (Å²) in [6, 6.07) is 15.9. The second-order valence-corrected chi connectivity index (χ2v) is 6.31. The van der Waals surface area contributed by atoms with Crippen LogP contribution in [0.5, 0.6) is 5.75 Å². The van der Waals surface area contributed by atoms with E-state index in [-0.39, 0.29) is 36.4 Å². The topological polar surface area (TPSA) is 66.0 Å². The van der Waals surface area contributed by atoms with E-state index < -0.39 is 0 Å². The maximum absolute atomic E-state index is 12.1. The molecular formula is C21H29IN4O2. The van der Waals surface area contributed by atoms with Gasteiger partial charge in [0.25, 0.3) is 0 Å². The number of ether oxygens (including phenoxy) is 1. The Morgan fingerprint density at radius 1 is 1.11 bits per heavy atom. The van der Waals surface area contributed by atoms with Gasteiger partial charge < -0.3 is 20.3 Å². The normalized spacial score (nSPS) is 10.6. The monoisotopic (exact) mass is 496 g/mol. The fourth-order valence-electron chi connectivity index (χ4n) is 2.67. The summed E-state index contributed by atoms with van der Waals surface area (Å²) >= 11 is 0. The fraction of sp³-hybridized carbons (Fsp3) is 0.333. The second kappa shape index (κ2) is 12.2. The predicted molar refractivity (Wildman–Crippen MR) is 124 cm³/mol. The van der Waals surface area contributed by atoms with Crippen molar-refractivity contribution in [2.75, 3.05) is 27.7 Å². The Labute approximate surface area is 184 Å². The zero-order chi connectivity index (χ0) is 19.6. The van der Waals surface area contributed by atoms with E-state index in [9.17, 15) is 4.79 Å². The van der Waals surface area contributed by atoms with Crippen LogP contribution in [-0.2, 0) is 17.9 Å². The van der Waals surface area contributed by atoms with E-state index in [1.54, 1.807) is 14.2 Å². The van der Waals surface area contributed by atoms with Crippen LogP contribution in [0, 0.1) is 6.92 Å². The molecule has 28 heavy (non-hydrogen) atoms. The van der Waals surface area contributed by atoms with Gasteiger partial charge in [-0.05, 0) is 35.7 Å². The van der Waals surface area contributed by atoms with E-state index >= 15 is 0 Å². The maximum atomic E-state index is 12.1. The van der Waals surface area contributed by atoms with Gasteiger partial charge in [0.05, 0.1) is 13.7 Å². The standard InChI is InChI=1S/C21H28N4O2.HI/c1-16-7-5-6-8-18(16)15-25(3)21(22-2)24-14-20(26)23-13-17-9-11-19(27-4)12-10-17;/h5-12H,13-15H2,1-4H3,(H,22,24)(H,23,26);1H. The lowest BCUT2D eigenvalue weighted by atomic mass is 10.1. The third kappa shape index (κ3) is 7.38. The number of methoxy groups -OCH3 is 1. The highest BCUT2D eigenvalue weighted by atomic mass is 127. The Kier molecular flexibility index (Phi) is 10.4. The summed E-state index contributed by atoms with van der Waals surface area (Å²) in [6.45, 7) is 3.45. The first kappa shape index (κ1) is 23.7. The lowest BCUT2D eigenvalue weighted by molar-refractivity contribution is -0.120. The average molecular weight is 496 g/mol. The van der Waals surface area contributed by atoms with Crippen molar-refractivity contribution in [3.8, 4) is 5.75 Å². The molecule has 0 aliphatic rings. The second-order valence-electron chi connectivity index (χ2n) is 6.31. The molecule has 0 spiro atoms. The number of hydrogen-bond donors (Lipinski definition) is 2. The van der Waals surface area contributed by atoms with Gasteiger partial charge in [0.2, 0.25) is 5.91 Å². The smallest absolute Gasteiger partial charge is 0.239 e. The molecule has 2 aromatic carbocycles. The van der Waals surface area contributed by atoms with Crippen LogP contribution in [0.15, 0.2) is 53.5 Å². The number of carbonyl (C=O) groups is 1. The van der Waals surface area contributed by atoms with Crippen LogP contribution >= 0.6 is 24.0 Å². The van der Waals surface area contributed by atoms with Crippen molar-refractivity contribution >= 4 is 35.8 Å². The number of nitrogens with zero attached hydrogens (tertiary/aromatic N) is 2. The van der Waals surface area contributed by atoms with E-state index in [2.05, 4.69) is 34.7 Å². The number of nitrogens with one attached hydrogen (secondary N) is 2. The highest BCUT2D eigenvalue weighted by Crippen LogP contribution is 2.11. The quantitative estimate of drug-likeness (QED) is 0.352. The molecule has 0 aliphatic carbocycles. The van der Waals surface area contributed by atoms with Gasteiger partial charge >= 0.3 is 0 Å². The fourth-order valence-corrected chi connectivity index (χ4v) is 2.67. The van der Waals surface area contributed by atoms with Gasteiger partial charge in [0.15, 0.2) is 5.96 Å². The van der Waals surface area contributed by atoms with Crippen molar-refractivity contribution in [1.29, 1.82) is 0 Å². The van der Waals surface area contributed by atoms with Gasteiger partial charge in [-0.2, -0.15) is 0 Å². The van der Waals surface area contributed by atoms with Crippen molar-refractivity contribution in [3.63, 3.8) is 0 Å². The molecule has 0 saturated carbocycles. The summed E-state index contributed by atoms with van der Waals surface area (Å²) in [5.74, 6) is 1.39. The molecule has 7 heteroatoms. The number of aliphatic imine (C=N–C) groups is 1. The van der Waals surface area contributed by atoms with Crippen LogP contribution in [0.3, 0.4) is 0 Å². The van der Waals surface area contributed by atoms with E-state index in [0.717, 1.165) is 17.9 Å². The third-order valence-electron chi connectivity index (χ3n) is 4.30. The molecule has 2 aromatic rings. The summed E-state index contributed by atoms with van der Waals surface area (Å²) in [5, 5.41) is 6.00. The lowest BCUT2D eigenvalue weighted by Crippen LogP contribution is -2.43. The van der Waals surface area contributed by atoms with Gasteiger partial charge in [-0.15, -0.1) is 24.0 Å². The first-order valence-electron chi connectivity index (χ1n) is 8.89. The van der Waals surface area contributed by atoms with E-state index in [0.29, 0.717) is 12.5 Å². The number of aryl methyl sites for hydroxylation is 1. The van der Waals surface area contributed by atoms with Crippen LogP contribution in [0.2, 0.25) is 0 Å². The van der Waals surface area contributed by atoms with Gasteiger partial charge in [0.1, 0.15) is 5.75 Å². The first-order chi connectivity index (χ1) is 13.0. The number of guanidine groups is 1. The maximum Gasteiger partial charge on any atom is 0.239 e. The highest BCUT2D eigenvalue weighted by molar-refractivity contribution is 14.0.